The van der Waals surface area contributed by atoms with Crippen molar-refractivity contribution in [1.29, 1.82) is 0 Å². The molecule has 2 aliphatic rings. The van der Waals surface area contributed by atoms with Crippen LogP contribution in [0.1, 0.15) is 32.6 Å². The topological polar surface area (TPSA) is 64.0 Å². The van der Waals surface area contributed by atoms with Crippen molar-refractivity contribution in [2.24, 2.45) is 5.92 Å². The molecule has 0 amide bonds. The summed E-state index contributed by atoms with van der Waals surface area (Å²) in [5, 5.41) is 19.3. The van der Waals surface area contributed by atoms with Crippen molar-refractivity contribution >= 4 is 5.97 Å². The monoisotopic (exact) mass is 270 g/mol. The standard InChI is InChI=1S/C14H26N2O3/c1-11-4-7-15(8-5-11)9-12(17)10-16-6-2-3-13(16)14(18)19/h11-13,17H,2-10H2,1H3,(H,18,19)/t12-,13-/m0/s1. The zero-order valence-electron chi connectivity index (χ0n) is 11.8. The van der Waals surface area contributed by atoms with Crippen LogP contribution >= 0.6 is 0 Å². The molecule has 0 unspecified atom stereocenters. The van der Waals surface area contributed by atoms with E-state index in [1.54, 1.807) is 0 Å². The number of carbonyl (C=O) groups is 1. The third-order valence-electron chi connectivity index (χ3n) is 4.44. The molecule has 2 saturated heterocycles. The van der Waals surface area contributed by atoms with Gasteiger partial charge < -0.3 is 15.1 Å². The van der Waals surface area contributed by atoms with Crippen LogP contribution in [0.5, 0.6) is 0 Å². The summed E-state index contributed by atoms with van der Waals surface area (Å²) in [5.74, 6) is 0.0415. The molecule has 2 heterocycles. The van der Waals surface area contributed by atoms with Gasteiger partial charge in [0, 0.05) is 13.1 Å². The highest BCUT2D eigenvalue weighted by atomic mass is 16.4. The number of aliphatic hydroxyl groups is 1. The van der Waals surface area contributed by atoms with Gasteiger partial charge in [-0.15, -0.1) is 0 Å². The van der Waals surface area contributed by atoms with Crippen molar-refractivity contribution in [3.8, 4) is 0 Å². The second kappa shape index (κ2) is 6.68. The molecule has 0 aromatic heterocycles. The lowest BCUT2D eigenvalue weighted by atomic mass is 9.99. The number of piperidine rings is 1. The maximum atomic E-state index is 11.1. The van der Waals surface area contributed by atoms with E-state index in [1.165, 1.54) is 12.8 Å². The van der Waals surface area contributed by atoms with Crippen LogP contribution in [0.4, 0.5) is 0 Å². The summed E-state index contributed by atoms with van der Waals surface area (Å²) in [6, 6.07) is -0.393. The van der Waals surface area contributed by atoms with Crippen LogP contribution in [0.2, 0.25) is 0 Å². The lowest BCUT2D eigenvalue weighted by Crippen LogP contribution is -2.45. The molecular weight excluding hydrogens is 244 g/mol. The van der Waals surface area contributed by atoms with Crippen LogP contribution in [0.25, 0.3) is 0 Å². The van der Waals surface area contributed by atoms with E-state index in [0.29, 0.717) is 19.5 Å². The van der Waals surface area contributed by atoms with Gasteiger partial charge in [-0.05, 0) is 51.2 Å². The Labute approximate surface area is 115 Å². The number of carboxylic acids is 1. The van der Waals surface area contributed by atoms with E-state index in [4.69, 9.17) is 5.11 Å². The van der Waals surface area contributed by atoms with Crippen molar-refractivity contribution in [1.82, 2.24) is 9.80 Å². The summed E-state index contributed by atoms with van der Waals surface area (Å²) in [6.07, 6.45) is 3.60. The lowest BCUT2D eigenvalue weighted by Gasteiger charge is -2.33. The Kier molecular flexibility index (Phi) is 5.19. The smallest absolute Gasteiger partial charge is 0.320 e. The molecule has 2 N–H and O–H groups in total. The molecule has 5 nitrogen and oxygen atoms in total. The highest BCUT2D eigenvalue weighted by molar-refractivity contribution is 5.73. The molecule has 0 aromatic rings. The SMILES string of the molecule is CC1CCN(C[C@H](O)CN2CCC[C@H]2C(=O)O)CC1. The van der Waals surface area contributed by atoms with Crippen LogP contribution in [-0.4, -0.2) is 70.9 Å². The number of aliphatic hydroxyl groups excluding tert-OH is 1. The van der Waals surface area contributed by atoms with Gasteiger partial charge in [-0.1, -0.05) is 6.92 Å². The van der Waals surface area contributed by atoms with E-state index in [0.717, 1.165) is 32.0 Å². The van der Waals surface area contributed by atoms with Gasteiger partial charge in [0.1, 0.15) is 6.04 Å². The minimum absolute atomic E-state index is 0.393. The summed E-state index contributed by atoms with van der Waals surface area (Å²) >= 11 is 0. The van der Waals surface area contributed by atoms with E-state index < -0.39 is 18.1 Å². The second-order valence-corrected chi connectivity index (χ2v) is 6.13. The van der Waals surface area contributed by atoms with Gasteiger partial charge in [-0.3, -0.25) is 9.69 Å². The van der Waals surface area contributed by atoms with Crippen molar-refractivity contribution in [2.75, 3.05) is 32.7 Å². The van der Waals surface area contributed by atoms with Crippen LogP contribution in [0.3, 0.4) is 0 Å². The minimum atomic E-state index is -0.753. The van der Waals surface area contributed by atoms with Crippen LogP contribution in [0.15, 0.2) is 0 Å². The van der Waals surface area contributed by atoms with E-state index in [9.17, 15) is 9.90 Å². The maximum absolute atomic E-state index is 11.1. The van der Waals surface area contributed by atoms with E-state index in [1.807, 2.05) is 4.90 Å². The Bertz CT molecular complexity index is 303. The van der Waals surface area contributed by atoms with E-state index >= 15 is 0 Å². The lowest BCUT2D eigenvalue weighted by molar-refractivity contribution is -0.142. The fraction of sp³-hybridized carbons (Fsp3) is 0.929. The molecule has 19 heavy (non-hydrogen) atoms. The van der Waals surface area contributed by atoms with Gasteiger partial charge in [0.25, 0.3) is 0 Å². The number of hydrogen-bond acceptors (Lipinski definition) is 4. The Morgan fingerprint density at radius 3 is 2.53 bits per heavy atom. The molecule has 0 aliphatic carbocycles. The Morgan fingerprint density at radius 1 is 1.21 bits per heavy atom. The van der Waals surface area contributed by atoms with Crippen LogP contribution in [-0.2, 0) is 4.79 Å². The molecule has 2 aliphatic heterocycles. The molecular formula is C14H26N2O3. The molecule has 0 saturated carbocycles. The number of β-amino-alcohol motifs (C(OH)–C–C–N with tert-alkyl or cyclic N) is 1. The van der Waals surface area contributed by atoms with Crippen molar-refractivity contribution in [2.45, 2.75) is 44.8 Å². The number of carboxylic acid groups (broad SMARTS) is 1. The van der Waals surface area contributed by atoms with Crippen molar-refractivity contribution < 1.29 is 15.0 Å². The molecule has 0 aromatic carbocycles. The molecule has 110 valence electrons. The molecule has 2 rings (SSSR count). The number of hydrogen-bond donors (Lipinski definition) is 2. The fourth-order valence-electron chi connectivity index (χ4n) is 3.20. The number of likely N-dealkylation sites (tertiary alicyclic amines) is 2. The highest BCUT2D eigenvalue weighted by Crippen LogP contribution is 2.19. The molecule has 5 heteroatoms. The normalized spacial score (nSPS) is 28.6. The van der Waals surface area contributed by atoms with Crippen molar-refractivity contribution in [3.05, 3.63) is 0 Å². The van der Waals surface area contributed by atoms with Gasteiger partial charge in [-0.2, -0.15) is 0 Å². The zero-order chi connectivity index (χ0) is 13.8. The predicted molar refractivity (Wildman–Crippen MR) is 73.1 cm³/mol. The molecule has 0 spiro atoms. The van der Waals surface area contributed by atoms with Gasteiger partial charge in [-0.25, -0.2) is 0 Å². The molecule has 0 bridgehead atoms. The summed E-state index contributed by atoms with van der Waals surface area (Å²) in [4.78, 5) is 15.3. The van der Waals surface area contributed by atoms with Gasteiger partial charge in [0.15, 0.2) is 0 Å². The third-order valence-corrected chi connectivity index (χ3v) is 4.44. The highest BCUT2D eigenvalue weighted by Gasteiger charge is 2.32. The summed E-state index contributed by atoms with van der Waals surface area (Å²) in [7, 11) is 0. The maximum Gasteiger partial charge on any atom is 0.320 e. The van der Waals surface area contributed by atoms with Gasteiger partial charge in [0.05, 0.1) is 6.10 Å². The zero-order valence-corrected chi connectivity index (χ0v) is 11.8. The second-order valence-electron chi connectivity index (χ2n) is 6.13. The van der Waals surface area contributed by atoms with Gasteiger partial charge in [0.2, 0.25) is 0 Å². The Morgan fingerprint density at radius 2 is 1.89 bits per heavy atom. The van der Waals surface area contributed by atoms with E-state index in [-0.39, 0.29) is 0 Å². The van der Waals surface area contributed by atoms with Crippen LogP contribution < -0.4 is 0 Å². The Hall–Kier alpha value is -0.650. The average Bonchev–Trinajstić information content (AvgIpc) is 2.80. The predicted octanol–water partition coefficient (Wildman–Crippen LogP) is 0.628. The average molecular weight is 270 g/mol. The summed E-state index contributed by atoms with van der Waals surface area (Å²) in [6.45, 7) is 6.35. The minimum Gasteiger partial charge on any atom is -0.480 e. The first-order valence-electron chi connectivity index (χ1n) is 7.43. The van der Waals surface area contributed by atoms with Crippen LogP contribution in [0, 0.1) is 5.92 Å². The quantitative estimate of drug-likeness (QED) is 0.767. The first-order chi connectivity index (χ1) is 9.06. The third kappa shape index (κ3) is 4.16. The van der Waals surface area contributed by atoms with E-state index in [2.05, 4.69) is 11.8 Å². The molecule has 2 fully saturated rings. The number of nitrogens with zero attached hydrogens (tertiary/aromatic N) is 2. The summed E-state index contributed by atoms with van der Waals surface area (Å²) in [5.41, 5.74) is 0. The first kappa shape index (κ1) is 14.8. The summed E-state index contributed by atoms with van der Waals surface area (Å²) < 4.78 is 0. The Balaban J connectivity index is 1.74. The van der Waals surface area contributed by atoms with Gasteiger partial charge >= 0.3 is 5.97 Å². The largest absolute Gasteiger partial charge is 0.480 e. The number of rotatable bonds is 5. The first-order valence-corrected chi connectivity index (χ1v) is 7.43. The fourth-order valence-corrected chi connectivity index (χ4v) is 3.20. The molecule has 2 atom stereocenters. The number of aliphatic carboxylic acids is 1. The molecule has 0 radical (unpaired) electrons. The van der Waals surface area contributed by atoms with Crippen molar-refractivity contribution in [3.63, 3.8) is 0 Å².